The molecule has 0 unspecified atom stereocenters. The molecule has 0 N–H and O–H groups in total. The lowest BCUT2D eigenvalue weighted by Gasteiger charge is -2.36. The second-order valence-electron chi connectivity index (χ2n) is 6.34. The van der Waals surface area contributed by atoms with Crippen LogP contribution in [0.3, 0.4) is 0 Å². The zero-order valence-electron chi connectivity index (χ0n) is 13.1. The van der Waals surface area contributed by atoms with Gasteiger partial charge in [-0.1, -0.05) is 12.8 Å². The molecule has 1 fully saturated rings. The number of imidazole rings is 1. The minimum Gasteiger partial charge on any atom is -0.338 e. The van der Waals surface area contributed by atoms with Gasteiger partial charge in [0, 0.05) is 32.3 Å². The van der Waals surface area contributed by atoms with Gasteiger partial charge in [-0.2, -0.15) is 0 Å². The number of hydrogen-bond acceptors (Lipinski definition) is 3. The zero-order valence-corrected chi connectivity index (χ0v) is 13.1. The quantitative estimate of drug-likeness (QED) is 0.830. The fourth-order valence-electron chi connectivity index (χ4n) is 2.97. The van der Waals surface area contributed by atoms with Gasteiger partial charge in [0.1, 0.15) is 5.82 Å². The molecule has 1 aliphatic heterocycles. The monoisotopic (exact) mass is 277 g/mol. The van der Waals surface area contributed by atoms with Gasteiger partial charge in [-0.3, -0.25) is 9.69 Å². The van der Waals surface area contributed by atoms with Gasteiger partial charge in [0.2, 0.25) is 0 Å². The number of likely N-dealkylation sites (tertiary alicyclic amines) is 1. The fourth-order valence-corrected chi connectivity index (χ4v) is 2.97. The molecule has 2 rings (SSSR count). The minimum absolute atomic E-state index is 0.336. The van der Waals surface area contributed by atoms with Gasteiger partial charge in [-0.25, -0.2) is 4.98 Å². The molecule has 0 radical (unpaired) electrons. The van der Waals surface area contributed by atoms with Crippen molar-refractivity contribution in [3.8, 4) is 0 Å². The summed E-state index contributed by atoms with van der Waals surface area (Å²) < 4.78 is 1.99. The van der Waals surface area contributed by atoms with Gasteiger partial charge in [0.15, 0.2) is 5.78 Å². The Morgan fingerprint density at radius 1 is 1.25 bits per heavy atom. The predicted octanol–water partition coefficient (Wildman–Crippen LogP) is 2.58. The van der Waals surface area contributed by atoms with E-state index in [1.165, 1.54) is 25.7 Å². The third-order valence-electron chi connectivity index (χ3n) is 4.58. The first-order valence-corrected chi connectivity index (χ1v) is 7.76. The first-order valence-electron chi connectivity index (χ1n) is 7.76. The number of carbonyl (C=O) groups excluding carboxylic acids is 1. The summed E-state index contributed by atoms with van der Waals surface area (Å²) in [6.45, 7) is 6.28. The summed E-state index contributed by atoms with van der Waals surface area (Å²) in [6, 6.07) is 0. The SMILES string of the molecule is Cn1ccnc1CCC(=O)C(C)(C)N1CCCCCC1. The van der Waals surface area contributed by atoms with E-state index in [0.717, 1.165) is 25.3 Å². The van der Waals surface area contributed by atoms with E-state index in [2.05, 4.69) is 23.7 Å². The van der Waals surface area contributed by atoms with Crippen LogP contribution in [0.25, 0.3) is 0 Å². The molecule has 112 valence electrons. The molecule has 1 aliphatic rings. The number of ketones is 1. The lowest BCUT2D eigenvalue weighted by molar-refractivity contribution is -0.129. The molecule has 20 heavy (non-hydrogen) atoms. The Bertz CT molecular complexity index is 442. The molecule has 0 bridgehead atoms. The van der Waals surface area contributed by atoms with E-state index >= 15 is 0 Å². The van der Waals surface area contributed by atoms with E-state index in [-0.39, 0.29) is 5.54 Å². The van der Waals surface area contributed by atoms with Crippen molar-refractivity contribution in [3.05, 3.63) is 18.2 Å². The van der Waals surface area contributed by atoms with E-state index in [1.54, 1.807) is 6.20 Å². The summed E-state index contributed by atoms with van der Waals surface area (Å²) >= 11 is 0. The maximum absolute atomic E-state index is 12.6. The van der Waals surface area contributed by atoms with E-state index in [9.17, 15) is 4.79 Å². The topological polar surface area (TPSA) is 38.1 Å². The Labute approximate surface area is 122 Å². The number of Topliss-reactive ketones (excluding diaryl/α,β-unsaturated/α-hetero) is 1. The average Bonchev–Trinajstić information content (AvgIpc) is 2.68. The summed E-state index contributed by atoms with van der Waals surface area (Å²) in [4.78, 5) is 19.3. The van der Waals surface area contributed by atoms with Crippen LogP contribution in [0.4, 0.5) is 0 Å². The summed E-state index contributed by atoms with van der Waals surface area (Å²) in [5.41, 5.74) is -0.338. The van der Waals surface area contributed by atoms with Gasteiger partial charge in [0.05, 0.1) is 5.54 Å². The van der Waals surface area contributed by atoms with Gasteiger partial charge < -0.3 is 4.57 Å². The first kappa shape index (κ1) is 15.2. The number of nitrogens with zero attached hydrogens (tertiary/aromatic N) is 3. The molecule has 0 saturated carbocycles. The number of rotatable bonds is 5. The maximum Gasteiger partial charge on any atom is 0.152 e. The lowest BCUT2D eigenvalue weighted by atomic mass is 9.92. The van der Waals surface area contributed by atoms with Crippen molar-refractivity contribution in [3.63, 3.8) is 0 Å². The molecular formula is C16H27N3O. The highest BCUT2D eigenvalue weighted by Gasteiger charge is 2.33. The van der Waals surface area contributed by atoms with Crippen molar-refractivity contribution in [1.82, 2.24) is 14.5 Å². The van der Waals surface area contributed by atoms with E-state index in [0.29, 0.717) is 12.2 Å². The van der Waals surface area contributed by atoms with Gasteiger partial charge in [-0.15, -0.1) is 0 Å². The summed E-state index contributed by atoms with van der Waals surface area (Å²) in [7, 11) is 1.98. The second kappa shape index (κ2) is 6.53. The molecular weight excluding hydrogens is 250 g/mol. The molecule has 0 amide bonds. The number of carbonyl (C=O) groups is 1. The van der Waals surface area contributed by atoms with E-state index in [1.807, 2.05) is 17.8 Å². The Hall–Kier alpha value is -1.16. The average molecular weight is 277 g/mol. The highest BCUT2D eigenvalue weighted by Crippen LogP contribution is 2.22. The van der Waals surface area contributed by atoms with Crippen LogP contribution in [0, 0.1) is 0 Å². The highest BCUT2D eigenvalue weighted by molar-refractivity contribution is 5.87. The Morgan fingerprint density at radius 3 is 2.45 bits per heavy atom. The molecule has 4 heteroatoms. The van der Waals surface area contributed by atoms with Crippen LogP contribution in [-0.2, 0) is 18.3 Å². The van der Waals surface area contributed by atoms with Crippen LogP contribution in [0.5, 0.6) is 0 Å². The van der Waals surface area contributed by atoms with Crippen molar-refractivity contribution < 1.29 is 4.79 Å². The Kier molecular flexibility index (Phi) is 4.97. The van der Waals surface area contributed by atoms with Gasteiger partial charge >= 0.3 is 0 Å². The van der Waals surface area contributed by atoms with Crippen LogP contribution >= 0.6 is 0 Å². The third kappa shape index (κ3) is 3.48. The van der Waals surface area contributed by atoms with Crippen LogP contribution < -0.4 is 0 Å². The second-order valence-corrected chi connectivity index (χ2v) is 6.34. The Morgan fingerprint density at radius 2 is 1.90 bits per heavy atom. The molecule has 4 nitrogen and oxygen atoms in total. The summed E-state index contributed by atoms with van der Waals surface area (Å²) in [5.74, 6) is 1.33. The maximum atomic E-state index is 12.6. The van der Waals surface area contributed by atoms with E-state index < -0.39 is 0 Å². The van der Waals surface area contributed by atoms with Crippen LogP contribution in [0.15, 0.2) is 12.4 Å². The molecule has 0 spiro atoms. The highest BCUT2D eigenvalue weighted by atomic mass is 16.1. The standard InChI is InChI=1S/C16H27N3O/c1-16(2,19-11-6-4-5-7-12-19)14(20)8-9-15-17-10-13-18(15)3/h10,13H,4-9,11-12H2,1-3H3. The third-order valence-corrected chi connectivity index (χ3v) is 4.58. The van der Waals surface area contributed by atoms with Crippen molar-refractivity contribution in [2.24, 2.45) is 7.05 Å². The van der Waals surface area contributed by atoms with Crippen molar-refractivity contribution in [2.75, 3.05) is 13.1 Å². The minimum atomic E-state index is -0.338. The molecule has 1 aromatic rings. The normalized spacial score (nSPS) is 17.9. The van der Waals surface area contributed by atoms with Crippen molar-refractivity contribution in [1.29, 1.82) is 0 Å². The number of aromatic nitrogens is 2. The first-order chi connectivity index (χ1) is 9.51. The molecule has 1 aromatic heterocycles. The van der Waals surface area contributed by atoms with Crippen LogP contribution in [0.2, 0.25) is 0 Å². The number of hydrogen-bond donors (Lipinski definition) is 0. The van der Waals surface area contributed by atoms with Gasteiger partial charge in [-0.05, 0) is 39.8 Å². The van der Waals surface area contributed by atoms with Crippen LogP contribution in [-0.4, -0.2) is 38.9 Å². The van der Waals surface area contributed by atoms with Crippen LogP contribution in [0.1, 0.15) is 51.8 Å². The lowest BCUT2D eigenvalue weighted by Crippen LogP contribution is -2.50. The summed E-state index contributed by atoms with van der Waals surface area (Å²) in [6.07, 6.45) is 10.1. The molecule has 0 aliphatic carbocycles. The zero-order chi connectivity index (χ0) is 14.6. The molecule has 1 saturated heterocycles. The smallest absolute Gasteiger partial charge is 0.152 e. The molecule has 2 heterocycles. The van der Waals surface area contributed by atoms with Crippen molar-refractivity contribution >= 4 is 5.78 Å². The number of aryl methyl sites for hydroxylation is 2. The molecule has 0 aromatic carbocycles. The predicted molar refractivity (Wildman–Crippen MR) is 80.7 cm³/mol. The summed E-state index contributed by atoms with van der Waals surface area (Å²) in [5, 5.41) is 0. The van der Waals surface area contributed by atoms with Gasteiger partial charge in [0.25, 0.3) is 0 Å². The van der Waals surface area contributed by atoms with E-state index in [4.69, 9.17) is 0 Å². The van der Waals surface area contributed by atoms with Crippen molar-refractivity contribution in [2.45, 2.75) is 57.9 Å². The molecule has 0 atom stereocenters. The Balaban J connectivity index is 1.94. The fraction of sp³-hybridized carbons (Fsp3) is 0.750. The largest absolute Gasteiger partial charge is 0.338 e.